The van der Waals surface area contributed by atoms with Crippen molar-refractivity contribution in [1.29, 1.82) is 0 Å². The highest BCUT2D eigenvalue weighted by Gasteiger charge is 2.27. The van der Waals surface area contributed by atoms with Gasteiger partial charge in [0.1, 0.15) is 15.7 Å². The van der Waals surface area contributed by atoms with Crippen LogP contribution in [0.25, 0.3) is 0 Å². The van der Waals surface area contributed by atoms with Gasteiger partial charge in [0.25, 0.3) is 0 Å². The lowest BCUT2D eigenvalue weighted by atomic mass is 9.91. The lowest BCUT2D eigenvalue weighted by Crippen LogP contribution is -2.23. The summed E-state index contributed by atoms with van der Waals surface area (Å²) >= 11 is 11.6. The Morgan fingerprint density at radius 3 is 2.45 bits per heavy atom. The van der Waals surface area contributed by atoms with E-state index in [4.69, 9.17) is 23.2 Å². The van der Waals surface area contributed by atoms with E-state index < -0.39 is 21.3 Å². The molecule has 20 heavy (non-hydrogen) atoms. The lowest BCUT2D eigenvalue weighted by molar-refractivity contribution is 0.0470. The number of hydrogen-bond donors (Lipinski definition) is 1. The second-order valence-corrected chi connectivity index (χ2v) is 8.15. The van der Waals surface area contributed by atoms with Gasteiger partial charge in [0, 0.05) is 16.3 Å². The van der Waals surface area contributed by atoms with Crippen LogP contribution in [0.2, 0.25) is 10.0 Å². The first-order chi connectivity index (χ1) is 9.09. The zero-order valence-corrected chi connectivity index (χ0v) is 13.6. The zero-order valence-electron chi connectivity index (χ0n) is 11.3. The molecule has 0 saturated heterocycles. The van der Waals surface area contributed by atoms with Crippen molar-refractivity contribution in [3.05, 3.63) is 33.6 Å². The minimum absolute atomic E-state index is 0.0205. The van der Waals surface area contributed by atoms with E-state index in [2.05, 4.69) is 0 Å². The minimum atomic E-state index is -3.09. The molecule has 0 radical (unpaired) electrons. The highest BCUT2D eigenvalue weighted by atomic mass is 35.5. The molecule has 1 rings (SSSR count). The van der Waals surface area contributed by atoms with Crippen LogP contribution in [0.4, 0.5) is 4.39 Å². The fourth-order valence-electron chi connectivity index (χ4n) is 1.85. The number of halogens is 3. The lowest BCUT2D eigenvalue weighted by Gasteiger charge is -2.25. The minimum Gasteiger partial charge on any atom is -0.385 e. The van der Waals surface area contributed by atoms with Crippen LogP contribution in [0.3, 0.4) is 0 Å². The Morgan fingerprint density at radius 1 is 1.30 bits per heavy atom. The topological polar surface area (TPSA) is 54.4 Å². The van der Waals surface area contributed by atoms with Gasteiger partial charge < -0.3 is 5.11 Å². The summed E-state index contributed by atoms with van der Waals surface area (Å²) in [6.45, 7) is 3.04. The summed E-state index contributed by atoms with van der Waals surface area (Å²) in [6, 6.07) is 2.31. The van der Waals surface area contributed by atoms with Crippen LogP contribution in [-0.4, -0.2) is 25.0 Å². The van der Waals surface area contributed by atoms with Crippen LogP contribution < -0.4 is 0 Å². The molecule has 1 atom stereocenters. The third-order valence-corrected chi connectivity index (χ3v) is 5.54. The van der Waals surface area contributed by atoms with Crippen LogP contribution in [0.1, 0.15) is 32.3 Å². The molecule has 1 aromatic rings. The number of aliphatic hydroxyl groups is 1. The Hall–Kier alpha value is -0.360. The molecule has 0 amide bonds. The van der Waals surface area contributed by atoms with E-state index in [0.29, 0.717) is 0 Å². The van der Waals surface area contributed by atoms with Gasteiger partial charge in [0.2, 0.25) is 0 Å². The van der Waals surface area contributed by atoms with E-state index in [1.807, 2.05) is 0 Å². The van der Waals surface area contributed by atoms with Crippen LogP contribution in [0.15, 0.2) is 12.1 Å². The van der Waals surface area contributed by atoms with Crippen molar-refractivity contribution in [3.8, 4) is 0 Å². The second-order valence-electron chi connectivity index (χ2n) is 4.86. The maximum Gasteiger partial charge on any atom is 0.150 e. The summed E-state index contributed by atoms with van der Waals surface area (Å²) in [5, 5.41) is 10.4. The molecule has 0 heterocycles. The van der Waals surface area contributed by atoms with E-state index in [1.165, 1.54) is 13.0 Å². The molecular formula is C13H17Cl2FO3S. The molecule has 0 aliphatic heterocycles. The summed E-state index contributed by atoms with van der Waals surface area (Å²) in [6.07, 6.45) is 0.427. The average Bonchev–Trinajstić information content (AvgIpc) is 2.33. The average molecular weight is 343 g/mol. The van der Waals surface area contributed by atoms with Gasteiger partial charge in [-0.05, 0) is 31.9 Å². The molecular weight excluding hydrogens is 326 g/mol. The molecule has 0 bridgehead atoms. The predicted molar refractivity (Wildman–Crippen MR) is 79.6 cm³/mol. The molecule has 0 aliphatic rings. The number of hydrogen-bond acceptors (Lipinski definition) is 3. The summed E-state index contributed by atoms with van der Waals surface area (Å²) in [5.74, 6) is -0.633. The summed E-state index contributed by atoms with van der Waals surface area (Å²) in [5.41, 5.74) is -1.21. The van der Waals surface area contributed by atoms with Crippen LogP contribution in [0, 0.1) is 5.82 Å². The van der Waals surface area contributed by atoms with Gasteiger partial charge in [-0.15, -0.1) is 0 Å². The number of rotatable bonds is 6. The quantitative estimate of drug-likeness (QED) is 0.804. The van der Waals surface area contributed by atoms with Crippen LogP contribution >= 0.6 is 23.2 Å². The Kier molecular flexibility index (Phi) is 5.84. The van der Waals surface area contributed by atoms with E-state index in [0.717, 1.165) is 6.07 Å². The van der Waals surface area contributed by atoms with Gasteiger partial charge in [-0.2, -0.15) is 0 Å². The summed E-state index contributed by atoms with van der Waals surface area (Å²) in [4.78, 5) is 0. The van der Waals surface area contributed by atoms with Crippen molar-refractivity contribution in [2.24, 2.45) is 0 Å². The predicted octanol–water partition coefficient (Wildman–Crippen LogP) is 3.55. The van der Waals surface area contributed by atoms with Crippen molar-refractivity contribution in [2.45, 2.75) is 32.3 Å². The maximum absolute atomic E-state index is 13.5. The fourth-order valence-corrected chi connectivity index (χ4v) is 3.31. The SMILES string of the molecule is CCS(=O)(=O)CCCC(C)(O)c1cc(F)c(Cl)cc1Cl. The molecule has 7 heteroatoms. The molecule has 1 N–H and O–H groups in total. The Bertz CT molecular complexity index is 586. The van der Waals surface area contributed by atoms with Gasteiger partial charge in [-0.1, -0.05) is 30.1 Å². The molecule has 114 valence electrons. The van der Waals surface area contributed by atoms with E-state index in [9.17, 15) is 17.9 Å². The third-order valence-electron chi connectivity index (χ3n) is 3.15. The molecule has 0 fully saturated rings. The second kappa shape index (κ2) is 6.60. The van der Waals surface area contributed by atoms with Crippen LogP contribution in [-0.2, 0) is 15.4 Å². The first-order valence-corrected chi connectivity index (χ1v) is 8.74. The van der Waals surface area contributed by atoms with Crippen molar-refractivity contribution >= 4 is 33.0 Å². The standard InChI is InChI=1S/C13H17Cl2FO3S/c1-3-20(18,19)6-4-5-13(2,17)9-7-12(16)11(15)8-10(9)14/h7-8,17H,3-6H2,1-2H3. The fraction of sp³-hybridized carbons (Fsp3) is 0.538. The molecule has 1 aromatic carbocycles. The molecule has 0 aromatic heterocycles. The molecule has 0 saturated carbocycles. The summed E-state index contributed by atoms with van der Waals surface area (Å²) in [7, 11) is -3.09. The van der Waals surface area contributed by atoms with Gasteiger partial charge in [-0.3, -0.25) is 0 Å². The smallest absolute Gasteiger partial charge is 0.150 e. The number of benzene rings is 1. The monoisotopic (exact) mass is 342 g/mol. The zero-order chi connectivity index (χ0) is 15.6. The first-order valence-electron chi connectivity index (χ1n) is 6.17. The Labute approximate surface area is 128 Å². The highest BCUT2D eigenvalue weighted by molar-refractivity contribution is 7.91. The maximum atomic E-state index is 13.5. The molecule has 3 nitrogen and oxygen atoms in total. The highest BCUT2D eigenvalue weighted by Crippen LogP contribution is 2.34. The Balaban J connectivity index is 2.86. The van der Waals surface area contributed by atoms with Crippen molar-refractivity contribution < 1.29 is 17.9 Å². The van der Waals surface area contributed by atoms with Crippen LogP contribution in [0.5, 0.6) is 0 Å². The molecule has 0 spiro atoms. The van der Waals surface area contributed by atoms with Gasteiger partial charge in [-0.25, -0.2) is 12.8 Å². The normalized spacial score (nSPS) is 15.1. The first kappa shape index (κ1) is 17.7. The van der Waals surface area contributed by atoms with E-state index in [1.54, 1.807) is 6.92 Å². The van der Waals surface area contributed by atoms with Crippen molar-refractivity contribution in [3.63, 3.8) is 0 Å². The molecule has 1 unspecified atom stereocenters. The molecule has 0 aliphatic carbocycles. The summed E-state index contributed by atoms with van der Waals surface area (Å²) < 4.78 is 36.3. The largest absolute Gasteiger partial charge is 0.385 e. The van der Waals surface area contributed by atoms with E-state index in [-0.39, 0.29) is 40.0 Å². The third kappa shape index (κ3) is 4.58. The van der Waals surface area contributed by atoms with Gasteiger partial charge in [0.15, 0.2) is 0 Å². The number of sulfone groups is 1. The van der Waals surface area contributed by atoms with Crippen molar-refractivity contribution in [2.75, 3.05) is 11.5 Å². The van der Waals surface area contributed by atoms with E-state index >= 15 is 0 Å². The van der Waals surface area contributed by atoms with Crippen molar-refractivity contribution in [1.82, 2.24) is 0 Å². The van der Waals surface area contributed by atoms with Gasteiger partial charge >= 0.3 is 0 Å². The Morgan fingerprint density at radius 2 is 1.90 bits per heavy atom. The van der Waals surface area contributed by atoms with Gasteiger partial charge in [0.05, 0.1) is 16.4 Å².